The van der Waals surface area contributed by atoms with Gasteiger partial charge in [0.1, 0.15) is 0 Å². The van der Waals surface area contributed by atoms with Crippen LogP contribution in [0.1, 0.15) is 22.8 Å². The van der Waals surface area contributed by atoms with Gasteiger partial charge < -0.3 is 0 Å². The van der Waals surface area contributed by atoms with Gasteiger partial charge in [-0.05, 0) is 24.1 Å². The zero-order valence-electron chi connectivity index (χ0n) is 8.29. The summed E-state index contributed by atoms with van der Waals surface area (Å²) in [4.78, 5) is 24.4. The molecule has 0 saturated heterocycles. The molecule has 0 aromatic heterocycles. The molecular formula is C11H10BrNO2. The molecule has 0 aliphatic carbocycles. The molecule has 1 aromatic rings. The summed E-state index contributed by atoms with van der Waals surface area (Å²) < 4.78 is 0.861. The lowest BCUT2D eigenvalue weighted by Crippen LogP contribution is -2.40. The molecule has 2 rings (SSSR count). The van der Waals surface area contributed by atoms with E-state index in [1.54, 1.807) is 6.07 Å². The van der Waals surface area contributed by atoms with Gasteiger partial charge in [0.25, 0.3) is 5.91 Å². The van der Waals surface area contributed by atoms with E-state index >= 15 is 0 Å². The highest BCUT2D eigenvalue weighted by Gasteiger charge is 2.26. The van der Waals surface area contributed by atoms with Crippen LogP contribution >= 0.6 is 15.9 Å². The van der Waals surface area contributed by atoms with Gasteiger partial charge in [-0.25, -0.2) is 0 Å². The highest BCUT2D eigenvalue weighted by atomic mass is 79.9. The average molecular weight is 268 g/mol. The highest BCUT2D eigenvalue weighted by molar-refractivity contribution is 9.10. The molecule has 1 aliphatic heterocycles. The van der Waals surface area contributed by atoms with Gasteiger partial charge in [0.15, 0.2) is 0 Å². The molecule has 0 bridgehead atoms. The summed E-state index contributed by atoms with van der Waals surface area (Å²) in [6, 6.07) is 5.61. The third kappa shape index (κ3) is 1.81. The van der Waals surface area contributed by atoms with Crippen LogP contribution in [0.25, 0.3) is 0 Å². The first-order valence-electron chi connectivity index (χ1n) is 4.70. The lowest BCUT2D eigenvalue weighted by Gasteiger charge is -2.25. The fourth-order valence-corrected chi connectivity index (χ4v) is 2.11. The van der Waals surface area contributed by atoms with Gasteiger partial charge in [-0.2, -0.15) is 0 Å². The smallest absolute Gasteiger partial charge is 0.260 e. The molecule has 1 aliphatic rings. The number of benzene rings is 1. The molecule has 0 saturated carbocycles. The minimum absolute atomic E-state index is 0.189. The van der Waals surface area contributed by atoms with Crippen LogP contribution in [0.3, 0.4) is 0 Å². The van der Waals surface area contributed by atoms with Gasteiger partial charge in [0.2, 0.25) is 5.91 Å². The third-order valence-corrected chi connectivity index (χ3v) is 3.03. The maximum Gasteiger partial charge on any atom is 0.260 e. The molecule has 0 fully saturated rings. The van der Waals surface area contributed by atoms with Crippen LogP contribution in [0.15, 0.2) is 22.7 Å². The van der Waals surface area contributed by atoms with E-state index < -0.39 is 0 Å². The predicted molar refractivity (Wildman–Crippen MR) is 59.6 cm³/mol. The second kappa shape index (κ2) is 3.77. The molecule has 4 heteroatoms. The molecule has 1 heterocycles. The first-order valence-corrected chi connectivity index (χ1v) is 5.50. The van der Waals surface area contributed by atoms with Crippen LogP contribution in [-0.2, 0) is 11.2 Å². The van der Waals surface area contributed by atoms with Crippen LogP contribution < -0.4 is 0 Å². The number of amides is 2. The largest absolute Gasteiger partial charge is 0.278 e. The Hall–Kier alpha value is -1.16. The third-order valence-electron chi connectivity index (χ3n) is 2.53. The number of rotatable bonds is 0. The Labute approximate surface area is 96.2 Å². The molecule has 3 nitrogen and oxygen atoms in total. The second-order valence-electron chi connectivity index (χ2n) is 3.53. The number of imide groups is 1. The van der Waals surface area contributed by atoms with Crippen molar-refractivity contribution in [1.82, 2.24) is 4.90 Å². The SMILES string of the molecule is CC(=O)N1CCc2ccc(Br)cc2C1=O. The Morgan fingerprint density at radius 2 is 2.20 bits per heavy atom. The van der Waals surface area contributed by atoms with Gasteiger partial charge >= 0.3 is 0 Å². The van der Waals surface area contributed by atoms with Gasteiger partial charge in [-0.1, -0.05) is 22.0 Å². The van der Waals surface area contributed by atoms with Crippen molar-refractivity contribution in [3.63, 3.8) is 0 Å². The summed E-state index contributed by atoms with van der Waals surface area (Å²) in [5, 5.41) is 0. The lowest BCUT2D eigenvalue weighted by molar-refractivity contribution is -0.126. The minimum atomic E-state index is -0.190. The number of halogens is 1. The molecular weight excluding hydrogens is 258 g/mol. The minimum Gasteiger partial charge on any atom is -0.278 e. The van der Waals surface area contributed by atoms with E-state index in [0.29, 0.717) is 12.1 Å². The van der Waals surface area contributed by atoms with Crippen LogP contribution in [0.2, 0.25) is 0 Å². The molecule has 0 unspecified atom stereocenters. The predicted octanol–water partition coefficient (Wildman–Crippen LogP) is 1.99. The molecule has 0 spiro atoms. The van der Waals surface area contributed by atoms with E-state index in [4.69, 9.17) is 0 Å². The number of carbonyl (C=O) groups excluding carboxylic acids is 2. The van der Waals surface area contributed by atoms with E-state index in [-0.39, 0.29) is 11.8 Å². The van der Waals surface area contributed by atoms with Crippen molar-refractivity contribution in [3.05, 3.63) is 33.8 Å². The van der Waals surface area contributed by atoms with E-state index in [0.717, 1.165) is 16.5 Å². The van der Waals surface area contributed by atoms with Crippen LogP contribution in [0, 0.1) is 0 Å². The zero-order chi connectivity index (χ0) is 11.0. The van der Waals surface area contributed by atoms with Gasteiger partial charge in [0.05, 0.1) is 0 Å². The molecule has 0 atom stereocenters. The van der Waals surface area contributed by atoms with E-state index in [1.807, 2.05) is 12.1 Å². The van der Waals surface area contributed by atoms with Crippen molar-refractivity contribution in [2.45, 2.75) is 13.3 Å². The van der Waals surface area contributed by atoms with Crippen molar-refractivity contribution in [1.29, 1.82) is 0 Å². The first-order chi connectivity index (χ1) is 7.09. The summed E-state index contributed by atoms with van der Waals surface area (Å²) >= 11 is 3.32. The van der Waals surface area contributed by atoms with Crippen molar-refractivity contribution >= 4 is 27.7 Å². The quantitative estimate of drug-likeness (QED) is 0.721. The number of hydrogen-bond acceptors (Lipinski definition) is 2. The maximum absolute atomic E-state index is 11.9. The fourth-order valence-electron chi connectivity index (χ4n) is 1.75. The lowest BCUT2D eigenvalue weighted by atomic mass is 9.99. The van der Waals surface area contributed by atoms with E-state index in [9.17, 15) is 9.59 Å². The summed E-state index contributed by atoms with van der Waals surface area (Å²) in [6.45, 7) is 1.91. The molecule has 15 heavy (non-hydrogen) atoms. The Morgan fingerprint density at radius 3 is 2.87 bits per heavy atom. The molecule has 2 amide bonds. The normalized spacial score (nSPS) is 15.1. The standard InChI is InChI=1S/C11H10BrNO2/c1-7(14)13-5-4-8-2-3-9(12)6-10(8)11(13)15/h2-3,6H,4-5H2,1H3. The Balaban J connectivity index is 2.45. The van der Waals surface area contributed by atoms with Crippen LogP contribution in [0.5, 0.6) is 0 Å². The summed E-state index contributed by atoms with van der Waals surface area (Å²) in [5.41, 5.74) is 1.64. The van der Waals surface area contributed by atoms with Gasteiger partial charge in [0, 0.05) is 23.5 Å². The highest BCUT2D eigenvalue weighted by Crippen LogP contribution is 2.22. The summed E-state index contributed by atoms with van der Waals surface area (Å²) in [6.07, 6.45) is 0.744. The summed E-state index contributed by atoms with van der Waals surface area (Å²) in [7, 11) is 0. The van der Waals surface area contributed by atoms with E-state index in [2.05, 4.69) is 15.9 Å². The van der Waals surface area contributed by atoms with Crippen molar-refractivity contribution in [2.24, 2.45) is 0 Å². The molecule has 0 N–H and O–H groups in total. The number of fused-ring (bicyclic) bond motifs is 1. The Morgan fingerprint density at radius 1 is 1.47 bits per heavy atom. The van der Waals surface area contributed by atoms with E-state index in [1.165, 1.54) is 11.8 Å². The topological polar surface area (TPSA) is 37.4 Å². The second-order valence-corrected chi connectivity index (χ2v) is 4.44. The fraction of sp³-hybridized carbons (Fsp3) is 0.273. The van der Waals surface area contributed by atoms with Crippen LogP contribution in [0.4, 0.5) is 0 Å². The van der Waals surface area contributed by atoms with Gasteiger partial charge in [-0.3, -0.25) is 14.5 Å². The average Bonchev–Trinajstić information content (AvgIpc) is 2.19. The maximum atomic E-state index is 11.9. The molecule has 78 valence electrons. The number of carbonyl (C=O) groups is 2. The number of nitrogens with zero attached hydrogens (tertiary/aromatic N) is 1. The van der Waals surface area contributed by atoms with Gasteiger partial charge in [-0.15, -0.1) is 0 Å². The van der Waals surface area contributed by atoms with Crippen molar-refractivity contribution in [2.75, 3.05) is 6.54 Å². The van der Waals surface area contributed by atoms with Crippen LogP contribution in [-0.4, -0.2) is 23.3 Å². The van der Waals surface area contributed by atoms with Crippen molar-refractivity contribution in [3.8, 4) is 0 Å². The Bertz CT molecular complexity index is 442. The number of hydrogen-bond donors (Lipinski definition) is 0. The zero-order valence-corrected chi connectivity index (χ0v) is 9.87. The van der Waals surface area contributed by atoms with Crippen molar-refractivity contribution < 1.29 is 9.59 Å². The first kappa shape index (κ1) is 10.4. The molecule has 0 radical (unpaired) electrons. The molecule has 1 aromatic carbocycles. The Kier molecular flexibility index (Phi) is 2.61. The summed E-state index contributed by atoms with van der Waals surface area (Å²) in [5.74, 6) is -0.379. The monoisotopic (exact) mass is 267 g/mol.